The van der Waals surface area contributed by atoms with E-state index in [1.54, 1.807) is 0 Å². The summed E-state index contributed by atoms with van der Waals surface area (Å²) < 4.78 is 14.5. The average molecular weight is 532 g/mol. The summed E-state index contributed by atoms with van der Waals surface area (Å²) in [7, 11) is 0. The maximum absolute atomic E-state index is 6.24. The van der Waals surface area contributed by atoms with Crippen LogP contribution >= 0.6 is 0 Å². The highest BCUT2D eigenvalue weighted by Gasteiger charge is 2.36. The first-order valence-corrected chi connectivity index (χ1v) is 13.9. The van der Waals surface area contributed by atoms with E-state index in [1.807, 2.05) is 52.8 Å². The van der Waals surface area contributed by atoms with Gasteiger partial charge in [-0.3, -0.25) is 0 Å². The van der Waals surface area contributed by atoms with Gasteiger partial charge in [-0.1, -0.05) is 75.2 Å². The molecular formula is C30H41N7O2. The number of ether oxygens (including phenoxy) is 2. The van der Waals surface area contributed by atoms with E-state index in [2.05, 4.69) is 69.5 Å². The number of H-pyrrole nitrogens is 1. The second-order valence-electron chi connectivity index (χ2n) is 10.6. The summed E-state index contributed by atoms with van der Waals surface area (Å²) in [6.45, 7) is 15.2. The predicted octanol–water partition coefficient (Wildman–Crippen LogP) is 6.17. The Bertz CT molecular complexity index is 1300. The van der Waals surface area contributed by atoms with E-state index in [9.17, 15) is 0 Å². The Morgan fingerprint density at radius 1 is 0.897 bits per heavy atom. The lowest BCUT2D eigenvalue weighted by molar-refractivity contribution is -0.271. The van der Waals surface area contributed by atoms with Gasteiger partial charge in [-0.15, -0.1) is 10.2 Å². The molecule has 4 rings (SSSR count). The zero-order chi connectivity index (χ0) is 28.0. The average Bonchev–Trinajstić information content (AvgIpc) is 3.58. The zero-order valence-corrected chi connectivity index (χ0v) is 24.2. The standard InChI is InChI=1S/C30H41N7O2/c1-8-22(9-2)19-37-27(31-29(34-37)30(7,38-20(3)4)39-21(5)6)18-23-14-16-24(17-15-23)25-12-10-11-13-26(25)28-32-35-36-33-28/h10-17,20-22H,8-9,18-19H2,1-7H3,(H,32,33,35,36). The number of rotatable bonds is 13. The molecule has 0 aliphatic heterocycles. The van der Waals surface area contributed by atoms with Gasteiger partial charge in [0, 0.05) is 18.5 Å². The van der Waals surface area contributed by atoms with Crippen LogP contribution < -0.4 is 0 Å². The molecule has 2 heterocycles. The fourth-order valence-electron chi connectivity index (χ4n) is 4.86. The molecule has 0 unspecified atom stereocenters. The van der Waals surface area contributed by atoms with Crippen LogP contribution in [-0.2, 0) is 28.2 Å². The third kappa shape index (κ3) is 6.96. The van der Waals surface area contributed by atoms with E-state index in [0.29, 0.717) is 24.0 Å². The van der Waals surface area contributed by atoms with Crippen molar-refractivity contribution in [3.63, 3.8) is 0 Å². The minimum absolute atomic E-state index is 0.0361. The van der Waals surface area contributed by atoms with Gasteiger partial charge in [0.1, 0.15) is 5.82 Å². The van der Waals surface area contributed by atoms with Gasteiger partial charge < -0.3 is 9.47 Å². The minimum atomic E-state index is -1.03. The maximum Gasteiger partial charge on any atom is 0.229 e. The minimum Gasteiger partial charge on any atom is -0.341 e. The Morgan fingerprint density at radius 2 is 1.54 bits per heavy atom. The van der Waals surface area contributed by atoms with Crippen LogP contribution in [0.1, 0.15) is 78.5 Å². The molecule has 0 saturated heterocycles. The zero-order valence-electron chi connectivity index (χ0n) is 24.2. The third-order valence-electron chi connectivity index (χ3n) is 6.80. The molecule has 0 fully saturated rings. The Balaban J connectivity index is 1.65. The molecule has 0 amide bonds. The maximum atomic E-state index is 6.24. The van der Waals surface area contributed by atoms with Gasteiger partial charge in [0.05, 0.1) is 12.2 Å². The van der Waals surface area contributed by atoms with Crippen molar-refractivity contribution in [3.8, 4) is 22.5 Å². The van der Waals surface area contributed by atoms with E-state index in [0.717, 1.165) is 47.5 Å². The van der Waals surface area contributed by atoms with Crippen molar-refractivity contribution in [1.29, 1.82) is 0 Å². The first-order chi connectivity index (χ1) is 18.7. The summed E-state index contributed by atoms with van der Waals surface area (Å²) in [5.74, 6) is 1.54. The van der Waals surface area contributed by atoms with Crippen molar-refractivity contribution in [2.45, 2.75) is 92.3 Å². The molecule has 9 nitrogen and oxygen atoms in total. The van der Waals surface area contributed by atoms with E-state index in [1.165, 1.54) is 0 Å². The lowest BCUT2D eigenvalue weighted by Gasteiger charge is -2.31. The number of aromatic amines is 1. The smallest absolute Gasteiger partial charge is 0.229 e. The molecule has 2 aromatic carbocycles. The van der Waals surface area contributed by atoms with Gasteiger partial charge in [-0.05, 0) is 62.4 Å². The first-order valence-electron chi connectivity index (χ1n) is 13.9. The number of aromatic nitrogens is 7. The van der Waals surface area contributed by atoms with Crippen LogP contribution in [0, 0.1) is 5.92 Å². The Kier molecular flexibility index (Phi) is 9.24. The Labute approximate surface area is 231 Å². The fraction of sp³-hybridized carbons (Fsp3) is 0.500. The quantitative estimate of drug-likeness (QED) is 0.206. The molecular weight excluding hydrogens is 490 g/mol. The summed E-state index contributed by atoms with van der Waals surface area (Å²) in [5.41, 5.74) is 4.22. The molecule has 2 aromatic heterocycles. The van der Waals surface area contributed by atoms with Crippen LogP contribution in [0.25, 0.3) is 22.5 Å². The molecule has 0 saturated carbocycles. The van der Waals surface area contributed by atoms with Crippen LogP contribution in [0.5, 0.6) is 0 Å². The van der Waals surface area contributed by atoms with Gasteiger partial charge >= 0.3 is 0 Å². The van der Waals surface area contributed by atoms with Gasteiger partial charge in [0.2, 0.25) is 17.4 Å². The van der Waals surface area contributed by atoms with Crippen molar-refractivity contribution in [2.75, 3.05) is 0 Å². The molecule has 4 aromatic rings. The summed E-state index contributed by atoms with van der Waals surface area (Å²) in [4.78, 5) is 5.01. The van der Waals surface area contributed by atoms with Crippen LogP contribution in [0.2, 0.25) is 0 Å². The fourth-order valence-corrected chi connectivity index (χ4v) is 4.86. The SMILES string of the molecule is CCC(CC)Cn1nc(C(C)(OC(C)C)OC(C)C)nc1Cc1ccc(-c2ccccc2-c2nn[nH]n2)cc1. The van der Waals surface area contributed by atoms with Gasteiger partial charge in [-0.25, -0.2) is 9.67 Å². The Hall–Kier alpha value is -3.43. The molecule has 208 valence electrons. The molecule has 39 heavy (non-hydrogen) atoms. The molecule has 0 atom stereocenters. The van der Waals surface area contributed by atoms with Gasteiger partial charge in [0.25, 0.3) is 0 Å². The van der Waals surface area contributed by atoms with E-state index < -0.39 is 5.79 Å². The number of hydrogen-bond acceptors (Lipinski definition) is 7. The second kappa shape index (κ2) is 12.6. The number of nitrogens with zero attached hydrogens (tertiary/aromatic N) is 6. The van der Waals surface area contributed by atoms with Crippen molar-refractivity contribution in [3.05, 3.63) is 65.7 Å². The highest BCUT2D eigenvalue weighted by molar-refractivity contribution is 5.80. The van der Waals surface area contributed by atoms with Gasteiger partial charge in [0.15, 0.2) is 0 Å². The summed E-state index contributed by atoms with van der Waals surface area (Å²) in [6.07, 6.45) is 2.75. The number of tetrazole rings is 1. The summed E-state index contributed by atoms with van der Waals surface area (Å²) >= 11 is 0. The molecule has 0 spiro atoms. The second-order valence-corrected chi connectivity index (χ2v) is 10.6. The largest absolute Gasteiger partial charge is 0.341 e. The molecule has 1 N–H and O–H groups in total. The highest BCUT2D eigenvalue weighted by atomic mass is 16.7. The lowest BCUT2D eigenvalue weighted by atomic mass is 9.97. The lowest BCUT2D eigenvalue weighted by Crippen LogP contribution is -2.36. The van der Waals surface area contributed by atoms with Crippen LogP contribution in [-0.4, -0.2) is 47.6 Å². The van der Waals surface area contributed by atoms with E-state index >= 15 is 0 Å². The van der Waals surface area contributed by atoms with Crippen molar-refractivity contribution < 1.29 is 9.47 Å². The van der Waals surface area contributed by atoms with E-state index in [4.69, 9.17) is 19.6 Å². The predicted molar refractivity (Wildman–Crippen MR) is 152 cm³/mol. The normalized spacial score (nSPS) is 12.3. The van der Waals surface area contributed by atoms with Crippen LogP contribution in [0.15, 0.2) is 48.5 Å². The number of benzene rings is 2. The Morgan fingerprint density at radius 3 is 2.10 bits per heavy atom. The van der Waals surface area contributed by atoms with E-state index in [-0.39, 0.29) is 12.2 Å². The number of nitrogens with one attached hydrogen (secondary N) is 1. The monoisotopic (exact) mass is 531 g/mol. The van der Waals surface area contributed by atoms with Crippen molar-refractivity contribution in [2.24, 2.45) is 5.92 Å². The highest BCUT2D eigenvalue weighted by Crippen LogP contribution is 2.31. The van der Waals surface area contributed by atoms with Crippen LogP contribution in [0.3, 0.4) is 0 Å². The molecule has 0 aliphatic carbocycles. The third-order valence-corrected chi connectivity index (χ3v) is 6.80. The first kappa shape index (κ1) is 28.6. The van der Waals surface area contributed by atoms with Crippen molar-refractivity contribution >= 4 is 0 Å². The molecule has 0 radical (unpaired) electrons. The summed E-state index contributed by atoms with van der Waals surface area (Å²) in [6, 6.07) is 16.6. The van der Waals surface area contributed by atoms with Crippen molar-refractivity contribution in [1.82, 2.24) is 35.4 Å². The topological polar surface area (TPSA) is 104 Å². The molecule has 0 aliphatic rings. The number of hydrogen-bond donors (Lipinski definition) is 1. The molecule has 0 bridgehead atoms. The van der Waals surface area contributed by atoms with Gasteiger partial charge in [-0.2, -0.15) is 10.3 Å². The van der Waals surface area contributed by atoms with Crippen LogP contribution in [0.4, 0.5) is 0 Å². The molecule has 9 heteroatoms. The summed E-state index contributed by atoms with van der Waals surface area (Å²) in [5, 5.41) is 19.5.